The number of nitrogens with two attached hydrogens (primary N) is 1. The van der Waals surface area contributed by atoms with Crippen LogP contribution in [0.25, 0.3) is 0 Å². The van der Waals surface area contributed by atoms with Crippen LogP contribution in [0.4, 0.5) is 0 Å². The highest BCUT2D eigenvalue weighted by Gasteiger charge is 2.26. The number of rotatable bonds is 4. The highest BCUT2D eigenvalue weighted by Crippen LogP contribution is 2.26. The van der Waals surface area contributed by atoms with Crippen LogP contribution in [0.2, 0.25) is 0 Å². The Balaban J connectivity index is 1.49. The second-order valence-corrected chi connectivity index (χ2v) is 6.13. The fourth-order valence-electron chi connectivity index (χ4n) is 3.38. The van der Waals surface area contributed by atoms with E-state index in [1.807, 2.05) is 0 Å². The maximum Gasteiger partial charge on any atom is 0.220 e. The van der Waals surface area contributed by atoms with Crippen molar-refractivity contribution in [2.24, 2.45) is 11.7 Å². The SMILES string of the molecule is N[C@@H]1CCC[C@H]1CC(=O)NCc1cn2c(n1)CCCC2. The van der Waals surface area contributed by atoms with Crippen LogP contribution in [0, 0.1) is 5.92 Å². The molecule has 0 bridgehead atoms. The van der Waals surface area contributed by atoms with Gasteiger partial charge in [0.2, 0.25) is 5.91 Å². The molecule has 2 heterocycles. The number of amides is 1. The molecule has 3 rings (SSSR count). The number of aryl methyl sites for hydroxylation is 2. The van der Waals surface area contributed by atoms with E-state index in [4.69, 9.17) is 5.73 Å². The number of carbonyl (C=O) groups is 1. The van der Waals surface area contributed by atoms with Crippen LogP contribution in [0.1, 0.15) is 50.0 Å². The Morgan fingerprint density at radius 3 is 3.05 bits per heavy atom. The number of nitrogens with zero attached hydrogens (tertiary/aromatic N) is 2. The minimum atomic E-state index is 0.110. The van der Waals surface area contributed by atoms with Gasteiger partial charge >= 0.3 is 0 Å². The van der Waals surface area contributed by atoms with E-state index in [1.54, 1.807) is 0 Å². The summed E-state index contributed by atoms with van der Waals surface area (Å²) in [5, 5.41) is 2.99. The molecule has 5 nitrogen and oxygen atoms in total. The molecule has 0 radical (unpaired) electrons. The molecule has 2 aliphatic rings. The molecule has 1 aromatic heterocycles. The monoisotopic (exact) mass is 276 g/mol. The van der Waals surface area contributed by atoms with Crippen LogP contribution in [0.5, 0.6) is 0 Å². The number of hydrogen-bond donors (Lipinski definition) is 2. The average molecular weight is 276 g/mol. The van der Waals surface area contributed by atoms with Crippen LogP contribution in [0.3, 0.4) is 0 Å². The maximum absolute atomic E-state index is 12.0. The number of aromatic nitrogens is 2. The van der Waals surface area contributed by atoms with E-state index in [1.165, 1.54) is 18.7 Å². The Morgan fingerprint density at radius 2 is 2.30 bits per heavy atom. The number of carbonyl (C=O) groups excluding carboxylic acids is 1. The van der Waals surface area contributed by atoms with Gasteiger partial charge in [0.05, 0.1) is 12.2 Å². The van der Waals surface area contributed by atoms with Crippen molar-refractivity contribution in [2.75, 3.05) is 0 Å². The fourth-order valence-corrected chi connectivity index (χ4v) is 3.38. The number of nitrogens with one attached hydrogen (secondary N) is 1. The standard InChI is InChI=1S/C15H24N4O/c16-13-5-3-4-11(13)8-15(20)17-9-12-10-19-7-2-1-6-14(19)18-12/h10-11,13H,1-9,16H2,(H,17,20)/t11-,13+/m0/s1. The van der Waals surface area contributed by atoms with Gasteiger partial charge < -0.3 is 15.6 Å². The molecule has 0 saturated heterocycles. The molecule has 0 aromatic carbocycles. The third kappa shape index (κ3) is 3.03. The predicted molar refractivity (Wildman–Crippen MR) is 76.9 cm³/mol. The topological polar surface area (TPSA) is 72.9 Å². The van der Waals surface area contributed by atoms with Crippen molar-refractivity contribution in [1.29, 1.82) is 0 Å². The Labute approximate surface area is 119 Å². The van der Waals surface area contributed by atoms with Gasteiger partial charge in [-0.2, -0.15) is 0 Å². The first kappa shape index (κ1) is 13.6. The summed E-state index contributed by atoms with van der Waals surface area (Å²) in [6.45, 7) is 1.61. The Morgan fingerprint density at radius 1 is 1.40 bits per heavy atom. The lowest BCUT2D eigenvalue weighted by Crippen LogP contribution is -2.31. The van der Waals surface area contributed by atoms with Crippen LogP contribution < -0.4 is 11.1 Å². The lowest BCUT2D eigenvalue weighted by Gasteiger charge is -2.14. The maximum atomic E-state index is 12.0. The van der Waals surface area contributed by atoms with Gasteiger partial charge in [0.25, 0.3) is 0 Å². The van der Waals surface area contributed by atoms with Crippen molar-refractivity contribution < 1.29 is 4.79 Å². The Bertz CT molecular complexity index is 459. The molecular weight excluding hydrogens is 252 g/mol. The molecule has 1 fully saturated rings. The zero-order valence-electron chi connectivity index (χ0n) is 12.0. The smallest absolute Gasteiger partial charge is 0.220 e. The second-order valence-electron chi connectivity index (χ2n) is 6.13. The summed E-state index contributed by atoms with van der Waals surface area (Å²) in [5.41, 5.74) is 6.98. The van der Waals surface area contributed by atoms with Gasteiger partial charge in [0.15, 0.2) is 0 Å². The summed E-state index contributed by atoms with van der Waals surface area (Å²) in [5.74, 6) is 1.64. The summed E-state index contributed by atoms with van der Waals surface area (Å²) in [6, 6.07) is 0.209. The normalized spacial score (nSPS) is 25.4. The van der Waals surface area contributed by atoms with Gasteiger partial charge in [0, 0.05) is 31.6 Å². The van der Waals surface area contributed by atoms with Gasteiger partial charge in [-0.15, -0.1) is 0 Å². The summed E-state index contributed by atoms with van der Waals surface area (Å²) < 4.78 is 2.22. The van der Waals surface area contributed by atoms with Crippen molar-refractivity contribution in [3.8, 4) is 0 Å². The third-order valence-electron chi connectivity index (χ3n) is 4.59. The first-order chi connectivity index (χ1) is 9.72. The van der Waals surface area contributed by atoms with Crippen molar-refractivity contribution >= 4 is 5.91 Å². The van der Waals surface area contributed by atoms with E-state index in [-0.39, 0.29) is 11.9 Å². The lowest BCUT2D eigenvalue weighted by atomic mass is 10.00. The third-order valence-corrected chi connectivity index (χ3v) is 4.59. The molecule has 1 amide bonds. The van der Waals surface area contributed by atoms with Crippen LogP contribution >= 0.6 is 0 Å². The van der Waals surface area contributed by atoms with Gasteiger partial charge in [-0.25, -0.2) is 4.98 Å². The zero-order valence-corrected chi connectivity index (χ0v) is 12.0. The molecule has 0 spiro atoms. The van der Waals surface area contributed by atoms with Crippen molar-refractivity contribution in [2.45, 2.75) is 64.1 Å². The highest BCUT2D eigenvalue weighted by atomic mass is 16.1. The summed E-state index contributed by atoms with van der Waals surface area (Å²) in [4.78, 5) is 16.6. The van der Waals surface area contributed by atoms with Gasteiger partial charge in [0.1, 0.15) is 5.82 Å². The Kier molecular flexibility index (Phi) is 4.05. The van der Waals surface area contributed by atoms with Crippen LogP contribution in [-0.4, -0.2) is 21.5 Å². The molecule has 110 valence electrons. The van der Waals surface area contributed by atoms with E-state index in [2.05, 4.69) is 21.1 Å². The van der Waals surface area contributed by atoms with Crippen molar-refractivity contribution in [3.63, 3.8) is 0 Å². The second kappa shape index (κ2) is 5.95. The molecule has 3 N–H and O–H groups in total. The molecule has 1 aliphatic carbocycles. The first-order valence-electron chi connectivity index (χ1n) is 7.79. The summed E-state index contributed by atoms with van der Waals surface area (Å²) in [7, 11) is 0. The van der Waals surface area contributed by atoms with E-state index < -0.39 is 0 Å². The molecule has 1 saturated carbocycles. The molecule has 2 atom stereocenters. The van der Waals surface area contributed by atoms with E-state index in [9.17, 15) is 4.79 Å². The molecule has 1 aliphatic heterocycles. The molecule has 0 unspecified atom stereocenters. The van der Waals surface area contributed by atoms with E-state index in [0.717, 1.165) is 37.9 Å². The molecule has 1 aromatic rings. The number of hydrogen-bond acceptors (Lipinski definition) is 3. The molecule has 20 heavy (non-hydrogen) atoms. The molecule has 5 heteroatoms. The van der Waals surface area contributed by atoms with Gasteiger partial charge in [-0.1, -0.05) is 6.42 Å². The minimum absolute atomic E-state index is 0.110. The largest absolute Gasteiger partial charge is 0.350 e. The Hall–Kier alpha value is -1.36. The fraction of sp³-hybridized carbons (Fsp3) is 0.733. The zero-order chi connectivity index (χ0) is 13.9. The summed E-state index contributed by atoms with van der Waals surface area (Å²) >= 11 is 0. The van der Waals surface area contributed by atoms with E-state index in [0.29, 0.717) is 18.9 Å². The highest BCUT2D eigenvalue weighted by molar-refractivity contribution is 5.76. The number of imidazole rings is 1. The predicted octanol–water partition coefficient (Wildman–Crippen LogP) is 1.35. The first-order valence-corrected chi connectivity index (χ1v) is 7.79. The lowest BCUT2D eigenvalue weighted by molar-refractivity contribution is -0.122. The van der Waals surface area contributed by atoms with Gasteiger partial charge in [-0.05, 0) is 31.6 Å². The quantitative estimate of drug-likeness (QED) is 0.872. The van der Waals surface area contributed by atoms with Crippen molar-refractivity contribution in [1.82, 2.24) is 14.9 Å². The van der Waals surface area contributed by atoms with Crippen LogP contribution in [-0.2, 0) is 24.3 Å². The van der Waals surface area contributed by atoms with Gasteiger partial charge in [-0.3, -0.25) is 4.79 Å². The average Bonchev–Trinajstić information content (AvgIpc) is 3.03. The molecular formula is C15H24N4O. The van der Waals surface area contributed by atoms with E-state index >= 15 is 0 Å². The number of fused-ring (bicyclic) bond motifs is 1. The minimum Gasteiger partial charge on any atom is -0.350 e. The summed E-state index contributed by atoms with van der Waals surface area (Å²) in [6.07, 6.45) is 9.47. The van der Waals surface area contributed by atoms with Crippen LogP contribution in [0.15, 0.2) is 6.20 Å². The van der Waals surface area contributed by atoms with Crippen molar-refractivity contribution in [3.05, 3.63) is 17.7 Å².